The number of hydrogen-bond acceptors (Lipinski definition) is 5. The standard InChI is InChI=1S/C17H18ClN5OS/c18-13-5-6-14(19-11-13)21-17(25)22-16(24)12-4-7-15(20-10-12)23-8-2-1-3-9-23/h4-7,10-11H,1-3,8-9H2,(H2,19,21,22,24,25). The van der Waals surface area contributed by atoms with Crippen molar-refractivity contribution in [2.75, 3.05) is 23.3 Å². The minimum absolute atomic E-state index is 0.167. The fraction of sp³-hybridized carbons (Fsp3) is 0.294. The van der Waals surface area contributed by atoms with Crippen molar-refractivity contribution in [2.45, 2.75) is 19.3 Å². The molecule has 0 saturated carbocycles. The average Bonchev–Trinajstić information content (AvgIpc) is 2.64. The van der Waals surface area contributed by atoms with Crippen LogP contribution in [0, 0.1) is 0 Å². The van der Waals surface area contributed by atoms with Crippen LogP contribution < -0.4 is 15.5 Å². The van der Waals surface area contributed by atoms with Gasteiger partial charge in [0.1, 0.15) is 11.6 Å². The molecular formula is C17H18ClN5OS. The molecule has 3 heterocycles. The summed E-state index contributed by atoms with van der Waals surface area (Å²) in [7, 11) is 0. The Morgan fingerprint density at radius 2 is 1.88 bits per heavy atom. The van der Waals surface area contributed by atoms with Gasteiger partial charge in [-0.2, -0.15) is 0 Å². The summed E-state index contributed by atoms with van der Waals surface area (Å²) in [5.74, 6) is 1.10. The molecule has 8 heteroatoms. The number of halogens is 1. The van der Waals surface area contributed by atoms with Crippen LogP contribution in [0.4, 0.5) is 11.6 Å². The van der Waals surface area contributed by atoms with E-state index in [9.17, 15) is 4.79 Å². The number of rotatable bonds is 3. The number of amides is 1. The molecule has 0 bridgehead atoms. The van der Waals surface area contributed by atoms with Gasteiger partial charge in [-0.25, -0.2) is 9.97 Å². The number of carbonyl (C=O) groups excluding carboxylic acids is 1. The van der Waals surface area contributed by atoms with Gasteiger partial charge in [0.15, 0.2) is 5.11 Å². The number of aromatic nitrogens is 2. The summed E-state index contributed by atoms with van der Waals surface area (Å²) in [4.78, 5) is 23.0. The van der Waals surface area contributed by atoms with E-state index in [0.717, 1.165) is 18.9 Å². The minimum Gasteiger partial charge on any atom is -0.357 e. The summed E-state index contributed by atoms with van der Waals surface area (Å²) in [6.45, 7) is 2.03. The van der Waals surface area contributed by atoms with Crippen molar-refractivity contribution in [3.05, 3.63) is 47.2 Å². The first kappa shape index (κ1) is 17.6. The second kappa shape index (κ2) is 8.22. The Balaban J connectivity index is 1.56. The lowest BCUT2D eigenvalue weighted by molar-refractivity contribution is 0.0977. The second-order valence-corrected chi connectivity index (χ2v) is 6.57. The second-order valence-electron chi connectivity index (χ2n) is 5.72. The molecule has 1 fully saturated rings. The first-order valence-corrected chi connectivity index (χ1v) is 8.85. The number of hydrogen-bond donors (Lipinski definition) is 2. The fourth-order valence-electron chi connectivity index (χ4n) is 2.60. The zero-order valence-corrected chi connectivity index (χ0v) is 15.1. The highest BCUT2D eigenvalue weighted by molar-refractivity contribution is 7.80. The molecule has 2 N–H and O–H groups in total. The predicted octanol–water partition coefficient (Wildman–Crippen LogP) is 3.25. The van der Waals surface area contributed by atoms with Crippen LogP contribution in [0.15, 0.2) is 36.7 Å². The van der Waals surface area contributed by atoms with Crippen LogP contribution in [-0.4, -0.2) is 34.1 Å². The highest BCUT2D eigenvalue weighted by atomic mass is 35.5. The highest BCUT2D eigenvalue weighted by Gasteiger charge is 2.14. The Kier molecular flexibility index (Phi) is 5.78. The number of nitrogens with zero attached hydrogens (tertiary/aromatic N) is 3. The summed E-state index contributed by atoms with van der Waals surface area (Å²) in [5, 5.41) is 6.14. The molecule has 25 heavy (non-hydrogen) atoms. The summed E-state index contributed by atoms with van der Waals surface area (Å²) in [6, 6.07) is 6.99. The highest BCUT2D eigenvalue weighted by Crippen LogP contribution is 2.17. The molecule has 0 aromatic carbocycles. The third-order valence-electron chi connectivity index (χ3n) is 3.89. The largest absolute Gasteiger partial charge is 0.357 e. The Morgan fingerprint density at radius 3 is 2.52 bits per heavy atom. The van der Waals surface area contributed by atoms with E-state index < -0.39 is 0 Å². The van der Waals surface area contributed by atoms with Crippen molar-refractivity contribution in [3.8, 4) is 0 Å². The van der Waals surface area contributed by atoms with Gasteiger partial charge in [0, 0.05) is 25.5 Å². The average molecular weight is 376 g/mol. The quantitative estimate of drug-likeness (QED) is 0.802. The molecule has 6 nitrogen and oxygen atoms in total. The van der Waals surface area contributed by atoms with Crippen LogP contribution in [0.25, 0.3) is 0 Å². The van der Waals surface area contributed by atoms with Crippen molar-refractivity contribution in [1.82, 2.24) is 15.3 Å². The maximum absolute atomic E-state index is 12.3. The molecule has 0 aliphatic carbocycles. The minimum atomic E-state index is -0.316. The first-order chi connectivity index (χ1) is 12.1. The first-order valence-electron chi connectivity index (χ1n) is 8.07. The third-order valence-corrected chi connectivity index (χ3v) is 4.31. The number of anilines is 2. The Hall–Kier alpha value is -2.25. The maximum atomic E-state index is 12.3. The zero-order valence-electron chi connectivity index (χ0n) is 13.5. The molecule has 1 saturated heterocycles. The van der Waals surface area contributed by atoms with Gasteiger partial charge in [-0.15, -0.1) is 0 Å². The molecule has 0 radical (unpaired) electrons. The monoisotopic (exact) mass is 375 g/mol. The maximum Gasteiger partial charge on any atom is 0.258 e. The molecule has 1 amide bonds. The van der Waals surface area contributed by atoms with Crippen LogP contribution in [0.2, 0.25) is 5.02 Å². The Morgan fingerprint density at radius 1 is 1.08 bits per heavy atom. The van der Waals surface area contributed by atoms with E-state index in [2.05, 4.69) is 25.5 Å². The molecule has 3 rings (SSSR count). The number of carbonyl (C=O) groups is 1. The lowest BCUT2D eigenvalue weighted by Crippen LogP contribution is -2.34. The number of nitrogens with one attached hydrogen (secondary N) is 2. The normalized spacial score (nSPS) is 14.0. The molecule has 0 atom stereocenters. The van der Waals surface area contributed by atoms with E-state index in [1.807, 2.05) is 6.07 Å². The van der Waals surface area contributed by atoms with Crippen molar-refractivity contribution in [2.24, 2.45) is 0 Å². The molecular weight excluding hydrogens is 358 g/mol. The SMILES string of the molecule is O=C(NC(=S)Nc1ccc(Cl)cn1)c1ccc(N2CCCCC2)nc1. The lowest BCUT2D eigenvalue weighted by atomic mass is 10.1. The summed E-state index contributed by atoms with van der Waals surface area (Å²) in [6.07, 6.45) is 6.70. The van der Waals surface area contributed by atoms with E-state index in [1.165, 1.54) is 25.5 Å². The third kappa shape index (κ3) is 4.87. The van der Waals surface area contributed by atoms with Crippen molar-refractivity contribution >= 4 is 46.5 Å². The van der Waals surface area contributed by atoms with Gasteiger partial charge >= 0.3 is 0 Å². The van der Waals surface area contributed by atoms with Crippen molar-refractivity contribution in [1.29, 1.82) is 0 Å². The van der Waals surface area contributed by atoms with E-state index in [1.54, 1.807) is 24.4 Å². The molecule has 2 aromatic rings. The topological polar surface area (TPSA) is 70.2 Å². The molecule has 2 aromatic heterocycles. The van der Waals surface area contributed by atoms with E-state index in [-0.39, 0.29) is 11.0 Å². The Labute approximate surface area is 156 Å². The van der Waals surface area contributed by atoms with E-state index in [4.69, 9.17) is 23.8 Å². The molecule has 1 aliphatic rings. The number of thiocarbonyl (C=S) groups is 1. The van der Waals surface area contributed by atoms with E-state index >= 15 is 0 Å². The summed E-state index contributed by atoms with van der Waals surface area (Å²) in [5.41, 5.74) is 0.453. The van der Waals surface area contributed by atoms with Gasteiger partial charge in [0.25, 0.3) is 5.91 Å². The fourth-order valence-corrected chi connectivity index (χ4v) is 2.91. The van der Waals surface area contributed by atoms with Crippen molar-refractivity contribution < 1.29 is 4.79 Å². The molecule has 0 spiro atoms. The lowest BCUT2D eigenvalue weighted by Gasteiger charge is -2.27. The van der Waals surface area contributed by atoms with Crippen LogP contribution in [-0.2, 0) is 0 Å². The van der Waals surface area contributed by atoms with Crippen LogP contribution in [0.5, 0.6) is 0 Å². The smallest absolute Gasteiger partial charge is 0.258 e. The zero-order chi connectivity index (χ0) is 17.6. The van der Waals surface area contributed by atoms with Gasteiger partial charge < -0.3 is 10.2 Å². The van der Waals surface area contributed by atoms with Crippen LogP contribution in [0.1, 0.15) is 29.6 Å². The van der Waals surface area contributed by atoms with Crippen LogP contribution >= 0.6 is 23.8 Å². The van der Waals surface area contributed by atoms with Gasteiger partial charge in [0.05, 0.1) is 10.6 Å². The number of pyridine rings is 2. The molecule has 1 aliphatic heterocycles. The Bertz CT molecular complexity index is 745. The van der Waals surface area contributed by atoms with Gasteiger partial charge in [-0.1, -0.05) is 11.6 Å². The van der Waals surface area contributed by atoms with Gasteiger partial charge in [0.2, 0.25) is 0 Å². The van der Waals surface area contributed by atoms with Crippen LogP contribution in [0.3, 0.4) is 0 Å². The van der Waals surface area contributed by atoms with Gasteiger partial charge in [-0.3, -0.25) is 10.1 Å². The van der Waals surface area contributed by atoms with E-state index in [0.29, 0.717) is 16.4 Å². The van der Waals surface area contributed by atoms with Crippen molar-refractivity contribution in [3.63, 3.8) is 0 Å². The summed E-state index contributed by atoms with van der Waals surface area (Å²) >= 11 is 10.9. The van der Waals surface area contributed by atoms with Gasteiger partial charge in [-0.05, 0) is 55.7 Å². The number of piperidine rings is 1. The molecule has 130 valence electrons. The molecule has 0 unspecified atom stereocenters. The predicted molar refractivity (Wildman–Crippen MR) is 103 cm³/mol. The summed E-state index contributed by atoms with van der Waals surface area (Å²) < 4.78 is 0.